The number of pyridine rings is 1. The topological polar surface area (TPSA) is 22.1 Å². The van der Waals surface area contributed by atoms with Gasteiger partial charge in [-0.05, 0) is 24.3 Å². The number of halogens is 6. The van der Waals surface area contributed by atoms with Crippen LogP contribution >= 0.6 is 11.6 Å². The summed E-state index contributed by atoms with van der Waals surface area (Å²) in [6, 6.07) is 3.27. The van der Waals surface area contributed by atoms with Gasteiger partial charge in [-0.3, -0.25) is 0 Å². The maximum absolute atomic E-state index is 13.8. The van der Waals surface area contributed by atoms with Crippen molar-refractivity contribution in [3.05, 3.63) is 53.2 Å². The molecular formula is C13H7ClF5NO. The number of rotatable bonds is 3. The largest absolute Gasteiger partial charge is 0.436 e. The Bertz CT molecular complexity index is 659. The number of ether oxygens (including phenoxy) is 1. The van der Waals surface area contributed by atoms with Crippen LogP contribution in [0.25, 0.3) is 0 Å². The van der Waals surface area contributed by atoms with Crippen molar-refractivity contribution >= 4 is 11.6 Å². The van der Waals surface area contributed by atoms with Gasteiger partial charge < -0.3 is 4.74 Å². The summed E-state index contributed by atoms with van der Waals surface area (Å²) < 4.78 is 69.5. The smallest absolute Gasteiger partial charge is 0.419 e. The molecule has 0 N–H and O–H groups in total. The quantitative estimate of drug-likeness (QED) is 0.591. The van der Waals surface area contributed by atoms with Gasteiger partial charge in [-0.15, -0.1) is 11.6 Å². The summed E-state index contributed by atoms with van der Waals surface area (Å²) in [7, 11) is 0. The maximum Gasteiger partial charge on any atom is 0.419 e. The maximum atomic E-state index is 13.8. The average Bonchev–Trinajstić information content (AvgIpc) is 2.42. The molecule has 21 heavy (non-hydrogen) atoms. The summed E-state index contributed by atoms with van der Waals surface area (Å²) in [6.07, 6.45) is -3.68. The monoisotopic (exact) mass is 323 g/mol. The Labute approximate surface area is 121 Å². The first-order valence-corrected chi connectivity index (χ1v) is 6.10. The fraction of sp³-hybridized carbons (Fsp3) is 0.154. The lowest BCUT2D eigenvalue weighted by Gasteiger charge is -2.11. The second-order valence-electron chi connectivity index (χ2n) is 3.96. The molecule has 0 aliphatic rings. The van der Waals surface area contributed by atoms with E-state index in [1.807, 2.05) is 0 Å². The minimum absolute atomic E-state index is 0.0832. The Hall–Kier alpha value is -1.89. The third-order valence-corrected chi connectivity index (χ3v) is 2.83. The molecule has 2 nitrogen and oxygen atoms in total. The molecule has 2 aromatic rings. The molecule has 0 aliphatic heterocycles. The van der Waals surface area contributed by atoms with Gasteiger partial charge in [0.2, 0.25) is 0 Å². The molecule has 8 heteroatoms. The fourth-order valence-corrected chi connectivity index (χ4v) is 1.74. The van der Waals surface area contributed by atoms with Gasteiger partial charge in [0.1, 0.15) is 11.6 Å². The Balaban J connectivity index is 2.37. The van der Waals surface area contributed by atoms with Crippen molar-refractivity contribution in [1.29, 1.82) is 0 Å². The van der Waals surface area contributed by atoms with Gasteiger partial charge in [0, 0.05) is 11.8 Å². The minimum atomic E-state index is -4.88. The van der Waals surface area contributed by atoms with Crippen LogP contribution < -0.4 is 4.74 Å². The number of aromatic nitrogens is 1. The summed E-state index contributed by atoms with van der Waals surface area (Å²) in [5.74, 6) is -3.40. The van der Waals surface area contributed by atoms with Crippen LogP contribution in [0, 0.1) is 11.6 Å². The molecule has 0 fully saturated rings. The second-order valence-corrected chi connectivity index (χ2v) is 4.23. The highest BCUT2D eigenvalue weighted by Gasteiger charge is 2.34. The highest BCUT2D eigenvalue weighted by molar-refractivity contribution is 6.17. The highest BCUT2D eigenvalue weighted by atomic mass is 35.5. The van der Waals surface area contributed by atoms with Gasteiger partial charge in [0.05, 0.1) is 11.4 Å². The third kappa shape index (κ3) is 3.41. The van der Waals surface area contributed by atoms with Crippen LogP contribution in [0.4, 0.5) is 22.0 Å². The predicted octanol–water partition coefficient (Wildman–Crippen LogP) is 4.91. The number of hydrogen-bond acceptors (Lipinski definition) is 2. The van der Waals surface area contributed by atoms with Crippen molar-refractivity contribution in [3.63, 3.8) is 0 Å². The standard InChI is InChI=1S/C13H7ClF5NO/c14-6-7-3-4-20-12(11(7)16)21-8-1-2-10(15)9(5-8)13(17,18)19/h1-5H,6H2. The predicted molar refractivity (Wildman–Crippen MR) is 65.2 cm³/mol. The Morgan fingerprint density at radius 1 is 1.14 bits per heavy atom. The lowest BCUT2D eigenvalue weighted by atomic mass is 10.2. The molecule has 1 heterocycles. The van der Waals surface area contributed by atoms with E-state index in [1.165, 1.54) is 12.3 Å². The minimum Gasteiger partial charge on any atom is -0.436 e. The summed E-state index contributed by atoms with van der Waals surface area (Å²) in [6.45, 7) is 0. The molecule has 0 radical (unpaired) electrons. The molecule has 0 spiro atoms. The van der Waals surface area contributed by atoms with E-state index in [0.717, 1.165) is 6.07 Å². The van der Waals surface area contributed by atoms with E-state index in [1.54, 1.807) is 0 Å². The summed E-state index contributed by atoms with van der Waals surface area (Å²) in [5.41, 5.74) is -1.42. The van der Waals surface area contributed by atoms with Crippen LogP contribution in [0.3, 0.4) is 0 Å². The lowest BCUT2D eigenvalue weighted by molar-refractivity contribution is -0.140. The van der Waals surface area contributed by atoms with E-state index in [2.05, 4.69) is 4.98 Å². The molecule has 0 bridgehead atoms. The lowest BCUT2D eigenvalue weighted by Crippen LogP contribution is -2.08. The van der Waals surface area contributed by atoms with Crippen LogP contribution in [-0.4, -0.2) is 4.98 Å². The zero-order chi connectivity index (χ0) is 15.6. The molecular weight excluding hydrogens is 317 g/mol. The van der Waals surface area contributed by atoms with E-state index in [9.17, 15) is 22.0 Å². The van der Waals surface area contributed by atoms with Gasteiger partial charge in [0.25, 0.3) is 5.88 Å². The van der Waals surface area contributed by atoms with Crippen molar-refractivity contribution in [2.75, 3.05) is 0 Å². The average molecular weight is 324 g/mol. The Morgan fingerprint density at radius 2 is 1.86 bits per heavy atom. The first-order chi connectivity index (χ1) is 9.82. The van der Waals surface area contributed by atoms with Crippen molar-refractivity contribution in [2.45, 2.75) is 12.1 Å². The van der Waals surface area contributed by atoms with E-state index in [0.29, 0.717) is 12.1 Å². The van der Waals surface area contributed by atoms with Crippen LogP contribution in [0.15, 0.2) is 30.5 Å². The van der Waals surface area contributed by atoms with E-state index in [4.69, 9.17) is 16.3 Å². The summed E-state index contributed by atoms with van der Waals surface area (Å²) >= 11 is 5.49. The van der Waals surface area contributed by atoms with Crippen molar-refractivity contribution < 1.29 is 26.7 Å². The Kier molecular flexibility index (Phi) is 4.32. The van der Waals surface area contributed by atoms with Gasteiger partial charge in [0.15, 0.2) is 5.82 Å². The van der Waals surface area contributed by atoms with Crippen LogP contribution in [-0.2, 0) is 12.1 Å². The fourth-order valence-electron chi connectivity index (χ4n) is 1.53. The van der Waals surface area contributed by atoms with E-state index < -0.39 is 29.3 Å². The number of benzene rings is 1. The molecule has 0 amide bonds. The number of alkyl halides is 4. The van der Waals surface area contributed by atoms with Crippen LogP contribution in [0.1, 0.15) is 11.1 Å². The molecule has 112 valence electrons. The van der Waals surface area contributed by atoms with Gasteiger partial charge in [-0.1, -0.05) is 0 Å². The zero-order valence-corrected chi connectivity index (χ0v) is 11.0. The van der Waals surface area contributed by atoms with Crippen LogP contribution in [0.2, 0.25) is 0 Å². The normalized spacial score (nSPS) is 11.5. The number of nitrogens with zero attached hydrogens (tertiary/aromatic N) is 1. The first-order valence-electron chi connectivity index (χ1n) is 5.57. The van der Waals surface area contributed by atoms with E-state index >= 15 is 0 Å². The molecule has 1 aromatic heterocycles. The first kappa shape index (κ1) is 15.5. The van der Waals surface area contributed by atoms with Crippen LogP contribution in [0.5, 0.6) is 11.6 Å². The molecule has 0 saturated heterocycles. The molecule has 1 aromatic carbocycles. The number of hydrogen-bond donors (Lipinski definition) is 0. The molecule has 2 rings (SSSR count). The van der Waals surface area contributed by atoms with Gasteiger partial charge >= 0.3 is 6.18 Å². The summed E-state index contributed by atoms with van der Waals surface area (Å²) in [4.78, 5) is 3.57. The summed E-state index contributed by atoms with van der Waals surface area (Å²) in [5, 5.41) is 0. The second kappa shape index (κ2) is 5.85. The molecule has 0 aliphatic carbocycles. The van der Waals surface area contributed by atoms with E-state index in [-0.39, 0.29) is 17.2 Å². The third-order valence-electron chi connectivity index (χ3n) is 2.54. The van der Waals surface area contributed by atoms with Gasteiger partial charge in [-0.2, -0.15) is 13.2 Å². The molecule has 0 unspecified atom stereocenters. The zero-order valence-electron chi connectivity index (χ0n) is 10.2. The highest BCUT2D eigenvalue weighted by Crippen LogP contribution is 2.35. The molecule has 0 saturated carbocycles. The SMILES string of the molecule is Fc1ccc(Oc2nccc(CCl)c2F)cc1C(F)(F)F. The Morgan fingerprint density at radius 3 is 2.48 bits per heavy atom. The van der Waals surface area contributed by atoms with Gasteiger partial charge in [-0.25, -0.2) is 13.8 Å². The molecule has 0 atom stereocenters. The van der Waals surface area contributed by atoms with Crippen molar-refractivity contribution in [1.82, 2.24) is 4.98 Å². The van der Waals surface area contributed by atoms with Crippen molar-refractivity contribution in [3.8, 4) is 11.6 Å². The van der Waals surface area contributed by atoms with Crippen molar-refractivity contribution in [2.24, 2.45) is 0 Å².